The highest BCUT2D eigenvalue weighted by molar-refractivity contribution is 7.89. The third kappa shape index (κ3) is 4.29. The predicted octanol–water partition coefficient (Wildman–Crippen LogP) is 3.97. The number of fused-ring (bicyclic) bond motifs is 1. The van der Waals surface area contributed by atoms with Gasteiger partial charge in [-0.05, 0) is 54.3 Å². The molecule has 2 N–H and O–H groups in total. The maximum absolute atomic E-state index is 12.8. The molecular formula is C20H24ClN3O2S. The number of H-pyrrole nitrogens is 1. The number of aryl methyl sites for hydroxylation is 1. The van der Waals surface area contributed by atoms with Gasteiger partial charge >= 0.3 is 0 Å². The number of benzene rings is 2. The molecule has 0 unspecified atom stereocenters. The first kappa shape index (κ1) is 19.7. The zero-order valence-corrected chi connectivity index (χ0v) is 17.3. The van der Waals surface area contributed by atoms with Crippen LogP contribution in [-0.2, 0) is 22.9 Å². The summed E-state index contributed by atoms with van der Waals surface area (Å²) in [7, 11) is 0.350. The van der Waals surface area contributed by atoms with Crippen molar-refractivity contribution in [3.63, 3.8) is 0 Å². The molecule has 1 heterocycles. The fraction of sp³-hybridized carbons (Fsp3) is 0.300. The number of nitrogens with zero attached hydrogens (tertiary/aromatic N) is 1. The summed E-state index contributed by atoms with van der Waals surface area (Å²) in [6, 6.07) is 13.5. The molecule has 0 aliphatic heterocycles. The highest BCUT2D eigenvalue weighted by atomic mass is 35.5. The first-order valence-corrected chi connectivity index (χ1v) is 10.7. The topological polar surface area (TPSA) is 65.2 Å². The maximum Gasteiger partial charge on any atom is 0.256 e. The quantitative estimate of drug-likeness (QED) is 0.625. The Hall–Kier alpha value is -2.02. The third-order valence-corrected chi connectivity index (χ3v) is 6.31. The van der Waals surface area contributed by atoms with Gasteiger partial charge in [-0.2, -0.15) is 0 Å². The van der Waals surface area contributed by atoms with Crippen molar-refractivity contribution in [1.82, 2.24) is 9.71 Å². The van der Waals surface area contributed by atoms with Crippen molar-refractivity contribution >= 4 is 38.2 Å². The lowest BCUT2D eigenvalue weighted by atomic mass is 10.1. The second-order valence-electron chi connectivity index (χ2n) is 6.68. The van der Waals surface area contributed by atoms with E-state index in [1.54, 1.807) is 12.1 Å². The highest BCUT2D eigenvalue weighted by Crippen LogP contribution is 2.28. The fourth-order valence-electron chi connectivity index (χ4n) is 3.14. The zero-order chi connectivity index (χ0) is 19.6. The van der Waals surface area contributed by atoms with Crippen molar-refractivity contribution in [2.24, 2.45) is 0 Å². The van der Waals surface area contributed by atoms with Gasteiger partial charge in [-0.1, -0.05) is 30.7 Å². The van der Waals surface area contributed by atoms with Crippen LogP contribution < -0.4 is 9.62 Å². The number of halogens is 1. The van der Waals surface area contributed by atoms with Gasteiger partial charge in [0.05, 0.1) is 0 Å². The molecule has 144 valence electrons. The average molecular weight is 406 g/mol. The largest absolute Gasteiger partial charge is 0.378 e. The summed E-state index contributed by atoms with van der Waals surface area (Å²) >= 11 is 6.07. The number of aromatic amines is 1. The van der Waals surface area contributed by atoms with Crippen molar-refractivity contribution in [3.05, 3.63) is 58.6 Å². The third-order valence-electron chi connectivity index (χ3n) is 4.61. The fourth-order valence-corrected chi connectivity index (χ4v) is 4.65. The van der Waals surface area contributed by atoms with E-state index in [1.807, 2.05) is 56.3 Å². The summed E-state index contributed by atoms with van der Waals surface area (Å²) in [5, 5.41) is 1.67. The monoisotopic (exact) mass is 405 g/mol. The highest BCUT2D eigenvalue weighted by Gasteiger charge is 2.22. The lowest BCUT2D eigenvalue weighted by Crippen LogP contribution is -2.27. The van der Waals surface area contributed by atoms with Crippen LogP contribution in [-0.4, -0.2) is 34.0 Å². The lowest BCUT2D eigenvalue weighted by molar-refractivity contribution is 0.577. The number of hydrogen-bond donors (Lipinski definition) is 2. The molecule has 0 spiro atoms. The van der Waals surface area contributed by atoms with Crippen LogP contribution in [0.25, 0.3) is 10.9 Å². The molecule has 0 aliphatic rings. The van der Waals surface area contributed by atoms with Crippen LogP contribution in [0.1, 0.15) is 18.1 Å². The molecule has 5 nitrogen and oxygen atoms in total. The lowest BCUT2D eigenvalue weighted by Gasteiger charge is -2.13. The van der Waals surface area contributed by atoms with E-state index in [0.717, 1.165) is 27.7 Å². The van der Waals surface area contributed by atoms with Gasteiger partial charge in [0.25, 0.3) is 10.0 Å². The normalized spacial score (nSPS) is 11.9. The number of hydrogen-bond acceptors (Lipinski definition) is 3. The van der Waals surface area contributed by atoms with Gasteiger partial charge in [-0.15, -0.1) is 0 Å². The van der Waals surface area contributed by atoms with Gasteiger partial charge in [0.2, 0.25) is 0 Å². The second kappa shape index (κ2) is 7.92. The Bertz CT molecular complexity index is 1040. The molecule has 0 saturated carbocycles. The standard InChI is InChI=1S/C20H24ClN3O2S/c1-4-17-18-13-15(21)7-10-19(18)23-20(17)27(25,26)22-12-11-14-5-8-16(9-6-14)24(2)3/h5-10,13,22-23H,4,11-12H2,1-3H3. The van der Waals surface area contributed by atoms with Gasteiger partial charge in [0.1, 0.15) is 0 Å². The summed E-state index contributed by atoms with van der Waals surface area (Å²) in [4.78, 5) is 5.07. The molecule has 7 heteroatoms. The molecule has 0 bridgehead atoms. The number of aromatic nitrogens is 1. The van der Waals surface area contributed by atoms with Crippen LogP contribution in [0.5, 0.6) is 0 Å². The van der Waals surface area contributed by atoms with Crippen LogP contribution in [0.3, 0.4) is 0 Å². The number of sulfonamides is 1. The summed E-state index contributed by atoms with van der Waals surface area (Å²) in [5.74, 6) is 0. The van der Waals surface area contributed by atoms with E-state index in [2.05, 4.69) is 9.71 Å². The predicted molar refractivity (Wildman–Crippen MR) is 112 cm³/mol. The molecule has 2 aromatic carbocycles. The maximum atomic E-state index is 12.8. The zero-order valence-electron chi connectivity index (χ0n) is 15.7. The summed E-state index contributed by atoms with van der Waals surface area (Å²) in [6.45, 7) is 2.28. The van der Waals surface area contributed by atoms with Crippen molar-refractivity contribution < 1.29 is 8.42 Å². The number of nitrogens with one attached hydrogen (secondary N) is 2. The minimum atomic E-state index is -3.63. The molecule has 27 heavy (non-hydrogen) atoms. The van der Waals surface area contributed by atoms with E-state index in [9.17, 15) is 8.42 Å². The molecular weight excluding hydrogens is 382 g/mol. The Morgan fingerprint density at radius 3 is 2.44 bits per heavy atom. The SMILES string of the molecule is CCc1c(S(=O)(=O)NCCc2ccc(N(C)C)cc2)[nH]c2ccc(Cl)cc12. The Morgan fingerprint density at radius 1 is 1.11 bits per heavy atom. The Morgan fingerprint density at radius 2 is 1.81 bits per heavy atom. The van der Waals surface area contributed by atoms with Gasteiger partial charge in [-0.3, -0.25) is 0 Å². The van der Waals surface area contributed by atoms with Gasteiger partial charge in [0, 0.05) is 42.3 Å². The van der Waals surface area contributed by atoms with Crippen LogP contribution >= 0.6 is 11.6 Å². The number of rotatable bonds is 7. The number of anilines is 1. The molecule has 0 radical (unpaired) electrons. The van der Waals surface area contributed by atoms with Gasteiger partial charge < -0.3 is 9.88 Å². The minimum Gasteiger partial charge on any atom is -0.378 e. The Balaban J connectivity index is 1.76. The van der Waals surface area contributed by atoms with Crippen molar-refractivity contribution in [1.29, 1.82) is 0 Å². The van der Waals surface area contributed by atoms with E-state index in [1.165, 1.54) is 0 Å². The summed E-state index contributed by atoms with van der Waals surface area (Å²) in [5.41, 5.74) is 3.73. The summed E-state index contributed by atoms with van der Waals surface area (Å²) in [6.07, 6.45) is 1.23. The molecule has 0 atom stereocenters. The molecule has 0 saturated heterocycles. The van der Waals surface area contributed by atoms with E-state index in [-0.39, 0.29) is 5.03 Å². The van der Waals surface area contributed by atoms with Crippen LogP contribution in [0.4, 0.5) is 5.69 Å². The smallest absolute Gasteiger partial charge is 0.256 e. The van der Waals surface area contributed by atoms with Crippen molar-refractivity contribution in [3.8, 4) is 0 Å². The first-order chi connectivity index (χ1) is 12.8. The molecule has 0 fully saturated rings. The summed E-state index contributed by atoms with van der Waals surface area (Å²) < 4.78 is 28.3. The van der Waals surface area contributed by atoms with Crippen LogP contribution in [0.2, 0.25) is 5.02 Å². The second-order valence-corrected chi connectivity index (χ2v) is 8.83. The molecule has 3 rings (SSSR count). The van der Waals surface area contributed by atoms with Gasteiger partial charge in [0.15, 0.2) is 5.03 Å². The Kier molecular flexibility index (Phi) is 5.79. The first-order valence-electron chi connectivity index (χ1n) is 8.88. The van der Waals surface area contributed by atoms with Crippen LogP contribution in [0, 0.1) is 0 Å². The van der Waals surface area contributed by atoms with Crippen LogP contribution in [0.15, 0.2) is 47.5 Å². The molecule has 0 amide bonds. The van der Waals surface area contributed by atoms with E-state index < -0.39 is 10.0 Å². The molecule has 3 aromatic rings. The van der Waals surface area contributed by atoms with Crippen molar-refractivity contribution in [2.75, 3.05) is 25.5 Å². The van der Waals surface area contributed by atoms with E-state index >= 15 is 0 Å². The van der Waals surface area contributed by atoms with E-state index in [0.29, 0.717) is 24.4 Å². The minimum absolute atomic E-state index is 0.227. The van der Waals surface area contributed by atoms with Gasteiger partial charge in [-0.25, -0.2) is 13.1 Å². The Labute approximate surface area is 165 Å². The molecule has 1 aromatic heterocycles. The molecule has 0 aliphatic carbocycles. The van der Waals surface area contributed by atoms with E-state index in [4.69, 9.17) is 11.6 Å². The average Bonchev–Trinajstić information content (AvgIpc) is 3.00. The van der Waals surface area contributed by atoms with Crippen molar-refractivity contribution in [2.45, 2.75) is 24.8 Å².